The Morgan fingerprint density at radius 1 is 1.33 bits per heavy atom. The van der Waals surface area contributed by atoms with Crippen molar-refractivity contribution in [1.29, 1.82) is 0 Å². The first-order chi connectivity index (χ1) is 14.4. The summed E-state index contributed by atoms with van der Waals surface area (Å²) >= 11 is 0. The lowest BCUT2D eigenvalue weighted by Crippen LogP contribution is -2.34. The summed E-state index contributed by atoms with van der Waals surface area (Å²) in [4.78, 5) is 17.4. The Hall–Kier alpha value is -2.59. The number of benzene rings is 1. The molecule has 2 heterocycles. The predicted molar refractivity (Wildman–Crippen MR) is 124 cm³/mol. The lowest BCUT2D eigenvalue weighted by molar-refractivity contribution is -0.124. The van der Waals surface area contributed by atoms with Gasteiger partial charge in [0.1, 0.15) is 5.75 Å². The van der Waals surface area contributed by atoms with Crippen LogP contribution < -0.4 is 4.74 Å². The van der Waals surface area contributed by atoms with E-state index in [1.807, 2.05) is 37.1 Å². The van der Waals surface area contributed by atoms with Crippen molar-refractivity contribution in [3.05, 3.63) is 71.0 Å². The maximum absolute atomic E-state index is 13.1. The monoisotopic (exact) mass is 406 g/mol. The molecular formula is C26H34N2O2. The molecule has 0 bridgehead atoms. The molecule has 0 spiro atoms. The minimum atomic E-state index is 0.0133. The number of hydrogen-bond donors (Lipinski definition) is 0. The molecule has 160 valence electrons. The maximum atomic E-state index is 13.1. The van der Waals surface area contributed by atoms with Gasteiger partial charge < -0.3 is 9.64 Å². The smallest absolute Gasteiger partial charge is 0.251 e. The zero-order valence-corrected chi connectivity index (χ0v) is 18.9. The van der Waals surface area contributed by atoms with Crippen LogP contribution in [0.1, 0.15) is 44.7 Å². The van der Waals surface area contributed by atoms with Crippen LogP contribution in [0.2, 0.25) is 0 Å². The number of aryl methyl sites for hydroxylation is 1. The van der Waals surface area contributed by atoms with E-state index in [2.05, 4.69) is 43.0 Å². The molecule has 0 saturated carbocycles. The van der Waals surface area contributed by atoms with Crippen molar-refractivity contribution in [3.63, 3.8) is 0 Å². The molecule has 0 aliphatic carbocycles. The van der Waals surface area contributed by atoms with E-state index in [1.54, 1.807) is 13.2 Å². The predicted octanol–water partition coefficient (Wildman–Crippen LogP) is 5.12. The van der Waals surface area contributed by atoms with Crippen LogP contribution in [0.5, 0.6) is 5.75 Å². The second-order valence-corrected chi connectivity index (χ2v) is 8.22. The Morgan fingerprint density at radius 3 is 2.77 bits per heavy atom. The molecule has 0 fully saturated rings. The van der Waals surface area contributed by atoms with Crippen molar-refractivity contribution in [2.75, 3.05) is 26.7 Å². The molecule has 0 saturated heterocycles. The Kier molecular flexibility index (Phi) is 7.33. The van der Waals surface area contributed by atoms with Gasteiger partial charge in [0.05, 0.1) is 13.2 Å². The summed E-state index contributed by atoms with van der Waals surface area (Å²) in [6, 6.07) is 6.06. The molecule has 2 aliphatic rings. The average Bonchev–Trinajstić information content (AvgIpc) is 2.74. The van der Waals surface area contributed by atoms with Gasteiger partial charge in [-0.05, 0) is 80.1 Å². The van der Waals surface area contributed by atoms with Crippen LogP contribution >= 0.6 is 0 Å². The molecule has 2 aliphatic heterocycles. The van der Waals surface area contributed by atoms with Crippen LogP contribution in [0.3, 0.4) is 0 Å². The van der Waals surface area contributed by atoms with Crippen molar-refractivity contribution < 1.29 is 9.53 Å². The minimum Gasteiger partial charge on any atom is -0.496 e. The highest BCUT2D eigenvalue weighted by molar-refractivity contribution is 5.96. The van der Waals surface area contributed by atoms with Gasteiger partial charge >= 0.3 is 0 Å². The average molecular weight is 407 g/mol. The maximum Gasteiger partial charge on any atom is 0.251 e. The second kappa shape index (κ2) is 9.94. The molecule has 0 aromatic heterocycles. The second-order valence-electron chi connectivity index (χ2n) is 8.22. The number of methoxy groups -OCH3 is 1. The van der Waals surface area contributed by atoms with E-state index in [0.717, 1.165) is 54.1 Å². The summed E-state index contributed by atoms with van der Waals surface area (Å²) < 4.78 is 5.34. The van der Waals surface area contributed by atoms with Gasteiger partial charge in [-0.3, -0.25) is 9.69 Å². The van der Waals surface area contributed by atoms with Crippen molar-refractivity contribution in [1.82, 2.24) is 9.80 Å². The van der Waals surface area contributed by atoms with E-state index in [0.29, 0.717) is 0 Å². The zero-order valence-electron chi connectivity index (χ0n) is 18.9. The topological polar surface area (TPSA) is 32.8 Å². The van der Waals surface area contributed by atoms with Crippen LogP contribution in [0.4, 0.5) is 0 Å². The van der Waals surface area contributed by atoms with E-state index in [1.165, 1.54) is 12.0 Å². The molecular weight excluding hydrogens is 372 g/mol. The highest BCUT2D eigenvalue weighted by Gasteiger charge is 2.21. The Labute approximate surface area is 181 Å². The first kappa shape index (κ1) is 22.1. The number of ether oxygens (including phenoxy) is 1. The lowest BCUT2D eigenvalue weighted by Gasteiger charge is -2.30. The first-order valence-corrected chi connectivity index (χ1v) is 10.9. The third-order valence-corrected chi connectivity index (χ3v) is 5.92. The normalized spacial score (nSPS) is 20.1. The third-order valence-electron chi connectivity index (χ3n) is 5.92. The van der Waals surface area contributed by atoms with Crippen molar-refractivity contribution in [2.45, 2.75) is 46.6 Å². The summed E-state index contributed by atoms with van der Waals surface area (Å²) in [5.41, 5.74) is 5.55. The van der Waals surface area contributed by atoms with Crippen molar-refractivity contribution >= 4 is 11.5 Å². The molecule has 30 heavy (non-hydrogen) atoms. The lowest BCUT2D eigenvalue weighted by atomic mass is 9.96. The van der Waals surface area contributed by atoms with E-state index in [4.69, 9.17) is 4.74 Å². The van der Waals surface area contributed by atoms with Crippen LogP contribution in [-0.4, -0.2) is 48.5 Å². The van der Waals surface area contributed by atoms with Crippen LogP contribution in [0, 0.1) is 6.92 Å². The summed E-state index contributed by atoms with van der Waals surface area (Å²) in [5.74, 6) is 0.873. The summed E-state index contributed by atoms with van der Waals surface area (Å²) in [7, 11) is 1.67. The molecule has 4 nitrogen and oxygen atoms in total. The van der Waals surface area contributed by atoms with Crippen LogP contribution in [0.15, 0.2) is 59.8 Å². The highest BCUT2D eigenvalue weighted by atomic mass is 16.5. The number of allylic oxidation sites excluding steroid dienone is 3. The summed E-state index contributed by atoms with van der Waals surface area (Å²) in [5, 5.41) is 0. The first-order valence-electron chi connectivity index (χ1n) is 10.9. The van der Waals surface area contributed by atoms with Gasteiger partial charge in [0, 0.05) is 25.4 Å². The fourth-order valence-electron chi connectivity index (χ4n) is 4.06. The SMILES string of the molecule is CCCN1CC=C(C2=CN(C(=O)/C=C(\C)c3ccc(OC)c(C)c3)C(C)C=C2)CC1. The Morgan fingerprint density at radius 2 is 2.13 bits per heavy atom. The zero-order chi connectivity index (χ0) is 21.7. The highest BCUT2D eigenvalue weighted by Crippen LogP contribution is 2.27. The van der Waals surface area contributed by atoms with Gasteiger partial charge in [-0.2, -0.15) is 0 Å². The molecule has 1 amide bonds. The number of carbonyl (C=O) groups is 1. The van der Waals surface area contributed by atoms with E-state index < -0.39 is 0 Å². The Bertz CT molecular complexity index is 908. The van der Waals surface area contributed by atoms with Gasteiger partial charge in [-0.15, -0.1) is 0 Å². The molecule has 1 unspecified atom stereocenters. The van der Waals surface area contributed by atoms with Gasteiger partial charge in [0.15, 0.2) is 0 Å². The molecule has 1 aromatic carbocycles. The Balaban J connectivity index is 1.77. The molecule has 1 aromatic rings. The summed E-state index contributed by atoms with van der Waals surface area (Å²) in [6.07, 6.45) is 12.6. The minimum absolute atomic E-state index is 0.0133. The molecule has 0 N–H and O–H groups in total. The van der Waals surface area contributed by atoms with Gasteiger partial charge in [-0.25, -0.2) is 0 Å². The van der Waals surface area contributed by atoms with Crippen LogP contribution in [-0.2, 0) is 4.79 Å². The fraction of sp³-hybridized carbons (Fsp3) is 0.423. The number of rotatable bonds is 6. The fourth-order valence-corrected chi connectivity index (χ4v) is 4.06. The van der Waals surface area contributed by atoms with Gasteiger partial charge in [-0.1, -0.05) is 31.2 Å². The summed E-state index contributed by atoms with van der Waals surface area (Å²) in [6.45, 7) is 11.5. The number of nitrogens with zero attached hydrogens (tertiary/aromatic N) is 2. The van der Waals surface area contributed by atoms with Gasteiger partial charge in [0.2, 0.25) is 0 Å². The van der Waals surface area contributed by atoms with E-state index >= 15 is 0 Å². The van der Waals surface area contributed by atoms with Crippen LogP contribution in [0.25, 0.3) is 5.57 Å². The number of carbonyl (C=O) groups excluding carboxylic acids is 1. The molecule has 0 radical (unpaired) electrons. The molecule has 3 rings (SSSR count). The molecule has 4 heteroatoms. The van der Waals surface area contributed by atoms with E-state index in [-0.39, 0.29) is 11.9 Å². The van der Waals surface area contributed by atoms with E-state index in [9.17, 15) is 4.79 Å². The molecule has 1 atom stereocenters. The van der Waals surface area contributed by atoms with Crippen molar-refractivity contribution in [3.8, 4) is 5.75 Å². The standard InChI is InChI=1S/C26H34N2O2/c1-6-13-27-14-11-22(12-15-27)24-8-7-21(4)28(18-24)26(29)17-19(2)23-9-10-25(30-5)20(3)16-23/h7-11,16-18,21H,6,12-15H2,1-5H3/b19-17+. The van der Waals surface area contributed by atoms with Crippen molar-refractivity contribution in [2.24, 2.45) is 0 Å². The van der Waals surface area contributed by atoms with Gasteiger partial charge in [0.25, 0.3) is 5.91 Å². The number of hydrogen-bond acceptors (Lipinski definition) is 3. The number of amides is 1. The largest absolute Gasteiger partial charge is 0.496 e. The quantitative estimate of drug-likeness (QED) is 0.615. The third kappa shape index (κ3) is 5.11.